The first-order chi connectivity index (χ1) is 8.31. The number of benzene rings is 1. The van der Waals surface area contributed by atoms with Gasteiger partial charge in [0.15, 0.2) is 0 Å². The zero-order chi connectivity index (χ0) is 12.1. The molecule has 0 aliphatic carbocycles. The average molecular weight is 231 g/mol. The fraction of sp³-hybridized carbons (Fsp3) is 0.600. The summed E-state index contributed by atoms with van der Waals surface area (Å²) in [6.07, 6.45) is 2.73. The Morgan fingerprint density at radius 1 is 1.18 bits per heavy atom. The van der Waals surface area contributed by atoms with E-state index >= 15 is 0 Å². The van der Waals surface area contributed by atoms with Crippen molar-refractivity contribution in [2.45, 2.75) is 25.8 Å². The minimum absolute atomic E-state index is 0.344. The van der Waals surface area contributed by atoms with Crippen LogP contribution in [0.5, 0.6) is 0 Å². The molecule has 2 atom stereocenters. The molecular formula is C15H23N2-. The van der Waals surface area contributed by atoms with Gasteiger partial charge in [0.25, 0.3) is 0 Å². The molecule has 2 heteroatoms. The lowest BCUT2D eigenvalue weighted by molar-refractivity contribution is 0.274. The van der Waals surface area contributed by atoms with Gasteiger partial charge >= 0.3 is 0 Å². The normalized spacial score (nSPS) is 20.4. The summed E-state index contributed by atoms with van der Waals surface area (Å²) in [6.45, 7) is 6.05. The molecule has 0 spiro atoms. The standard InChI is InChI=1S/C15H23N2/c1-13(12-17-10-6-7-11-17)15(16-2)14-8-4-3-5-9-14/h3-5,8-9,13,15H,6-7,10-12H2,1-2H3/q-1/t13-,15+/m0/s1. The second kappa shape index (κ2) is 6.18. The number of nitrogens with zero attached hydrogens (tertiary/aromatic N) is 2. The number of hydrogen-bond donors (Lipinski definition) is 0. The van der Waals surface area contributed by atoms with Crippen LogP contribution in [0.1, 0.15) is 31.4 Å². The molecule has 0 N–H and O–H groups in total. The van der Waals surface area contributed by atoms with Crippen molar-refractivity contribution in [3.8, 4) is 0 Å². The lowest BCUT2D eigenvalue weighted by Crippen LogP contribution is -2.28. The van der Waals surface area contributed by atoms with Crippen molar-refractivity contribution in [1.29, 1.82) is 0 Å². The van der Waals surface area contributed by atoms with E-state index in [4.69, 9.17) is 0 Å². The summed E-state index contributed by atoms with van der Waals surface area (Å²) < 4.78 is 0. The van der Waals surface area contributed by atoms with Gasteiger partial charge in [-0.1, -0.05) is 42.8 Å². The van der Waals surface area contributed by atoms with E-state index in [2.05, 4.69) is 47.5 Å². The third kappa shape index (κ3) is 3.30. The first kappa shape index (κ1) is 12.6. The fourth-order valence-electron chi connectivity index (χ4n) is 2.85. The maximum absolute atomic E-state index is 4.57. The van der Waals surface area contributed by atoms with Gasteiger partial charge in [-0.2, -0.15) is 7.05 Å². The van der Waals surface area contributed by atoms with Crippen molar-refractivity contribution in [2.24, 2.45) is 5.92 Å². The lowest BCUT2D eigenvalue weighted by atomic mass is 9.94. The van der Waals surface area contributed by atoms with Crippen LogP contribution in [0.3, 0.4) is 0 Å². The highest BCUT2D eigenvalue weighted by Gasteiger charge is 2.17. The summed E-state index contributed by atoms with van der Waals surface area (Å²) in [5.74, 6) is 0.598. The van der Waals surface area contributed by atoms with E-state index < -0.39 is 0 Å². The third-order valence-corrected chi connectivity index (χ3v) is 3.70. The minimum Gasteiger partial charge on any atom is -0.658 e. The molecule has 0 bridgehead atoms. The molecule has 1 aromatic carbocycles. The summed E-state index contributed by atoms with van der Waals surface area (Å²) >= 11 is 0. The van der Waals surface area contributed by atoms with Crippen LogP contribution in [0.25, 0.3) is 5.32 Å². The highest BCUT2D eigenvalue weighted by molar-refractivity contribution is 5.23. The van der Waals surface area contributed by atoms with Crippen LogP contribution in [0, 0.1) is 5.92 Å². The summed E-state index contributed by atoms with van der Waals surface area (Å²) in [5, 5.41) is 4.57. The van der Waals surface area contributed by atoms with Crippen molar-refractivity contribution in [3.63, 3.8) is 0 Å². The fourth-order valence-corrected chi connectivity index (χ4v) is 2.85. The van der Waals surface area contributed by atoms with E-state index in [1.807, 2.05) is 7.05 Å². The average Bonchev–Trinajstić information content (AvgIpc) is 2.84. The molecule has 0 unspecified atom stereocenters. The van der Waals surface area contributed by atoms with E-state index in [9.17, 15) is 0 Å². The number of hydrogen-bond acceptors (Lipinski definition) is 1. The molecule has 1 fully saturated rings. The highest BCUT2D eigenvalue weighted by Crippen LogP contribution is 2.29. The second-order valence-corrected chi connectivity index (χ2v) is 5.10. The second-order valence-electron chi connectivity index (χ2n) is 5.10. The molecule has 0 saturated carbocycles. The molecule has 2 nitrogen and oxygen atoms in total. The largest absolute Gasteiger partial charge is 0.658 e. The topological polar surface area (TPSA) is 17.3 Å². The van der Waals surface area contributed by atoms with Crippen LogP contribution in [0.4, 0.5) is 0 Å². The Morgan fingerprint density at radius 2 is 1.82 bits per heavy atom. The van der Waals surface area contributed by atoms with Crippen LogP contribution in [0.15, 0.2) is 30.3 Å². The molecule has 17 heavy (non-hydrogen) atoms. The quantitative estimate of drug-likeness (QED) is 0.758. The molecule has 1 aromatic rings. The molecule has 0 aromatic heterocycles. The highest BCUT2D eigenvalue weighted by atomic mass is 15.1. The minimum atomic E-state index is 0.344. The van der Waals surface area contributed by atoms with Gasteiger partial charge in [0.2, 0.25) is 0 Å². The summed E-state index contributed by atoms with van der Waals surface area (Å²) in [7, 11) is 1.94. The molecule has 0 radical (unpaired) electrons. The Morgan fingerprint density at radius 3 is 2.41 bits per heavy atom. The van der Waals surface area contributed by atoms with Crippen molar-refractivity contribution in [1.82, 2.24) is 4.90 Å². The molecular weight excluding hydrogens is 208 g/mol. The van der Waals surface area contributed by atoms with Crippen molar-refractivity contribution in [2.75, 3.05) is 26.7 Å². The van der Waals surface area contributed by atoms with E-state index in [-0.39, 0.29) is 0 Å². The molecule has 1 saturated heterocycles. The first-order valence-electron chi connectivity index (χ1n) is 6.67. The number of rotatable bonds is 5. The van der Waals surface area contributed by atoms with Crippen molar-refractivity contribution in [3.05, 3.63) is 41.2 Å². The van der Waals surface area contributed by atoms with Gasteiger partial charge in [0.05, 0.1) is 0 Å². The first-order valence-corrected chi connectivity index (χ1v) is 6.67. The summed E-state index contributed by atoms with van der Waals surface area (Å²) in [6, 6.07) is 11.0. The Labute approximate surface area is 105 Å². The van der Waals surface area contributed by atoms with Crippen LogP contribution in [0.2, 0.25) is 0 Å². The van der Waals surface area contributed by atoms with Crippen LogP contribution < -0.4 is 0 Å². The molecule has 0 amide bonds. The Kier molecular flexibility index (Phi) is 4.57. The van der Waals surface area contributed by atoms with Crippen molar-refractivity contribution < 1.29 is 0 Å². The zero-order valence-electron chi connectivity index (χ0n) is 11.0. The van der Waals surface area contributed by atoms with E-state index in [0.29, 0.717) is 12.0 Å². The van der Waals surface area contributed by atoms with Crippen LogP contribution in [-0.2, 0) is 0 Å². The maximum Gasteiger partial charge on any atom is -0.000383 e. The van der Waals surface area contributed by atoms with E-state index in [1.165, 1.54) is 38.0 Å². The van der Waals surface area contributed by atoms with Crippen LogP contribution in [-0.4, -0.2) is 31.6 Å². The van der Waals surface area contributed by atoms with E-state index in [0.717, 1.165) is 0 Å². The van der Waals surface area contributed by atoms with Gasteiger partial charge in [0, 0.05) is 0 Å². The predicted octanol–water partition coefficient (Wildman–Crippen LogP) is 3.46. The SMILES string of the molecule is C[N-][C@@H](c1ccccc1)[C@@H](C)CN1CCCC1. The monoisotopic (exact) mass is 231 g/mol. The Balaban J connectivity index is 1.97. The van der Waals surface area contributed by atoms with Crippen molar-refractivity contribution >= 4 is 0 Å². The molecule has 1 heterocycles. The molecule has 1 aliphatic rings. The molecule has 1 aliphatic heterocycles. The smallest absolute Gasteiger partial charge is 0.000383 e. The van der Waals surface area contributed by atoms with Gasteiger partial charge in [-0.25, -0.2) is 0 Å². The Bertz CT molecular complexity index is 317. The van der Waals surface area contributed by atoms with E-state index in [1.54, 1.807) is 0 Å². The lowest BCUT2D eigenvalue weighted by Gasteiger charge is -2.36. The van der Waals surface area contributed by atoms with Gasteiger partial charge in [-0.15, -0.1) is 6.04 Å². The summed E-state index contributed by atoms with van der Waals surface area (Å²) in [5.41, 5.74) is 1.35. The Hall–Kier alpha value is -0.860. The van der Waals surface area contributed by atoms with Gasteiger partial charge in [-0.05, 0) is 38.4 Å². The third-order valence-electron chi connectivity index (χ3n) is 3.70. The predicted molar refractivity (Wildman–Crippen MR) is 73.3 cm³/mol. The van der Waals surface area contributed by atoms with Gasteiger partial charge in [-0.3, -0.25) is 0 Å². The molecule has 2 rings (SSSR count). The number of likely N-dealkylation sites (tertiary alicyclic amines) is 1. The summed E-state index contributed by atoms with van der Waals surface area (Å²) in [4.78, 5) is 2.58. The molecule has 94 valence electrons. The van der Waals surface area contributed by atoms with Gasteiger partial charge in [0.1, 0.15) is 0 Å². The van der Waals surface area contributed by atoms with Crippen LogP contribution >= 0.6 is 0 Å². The zero-order valence-corrected chi connectivity index (χ0v) is 11.0. The maximum atomic E-state index is 4.57. The van der Waals surface area contributed by atoms with Gasteiger partial charge < -0.3 is 10.2 Å².